The molecule has 0 aromatic carbocycles. The summed E-state index contributed by atoms with van der Waals surface area (Å²) in [5.74, 6) is 0.542. The van der Waals surface area contributed by atoms with Crippen molar-refractivity contribution in [3.63, 3.8) is 0 Å². The van der Waals surface area contributed by atoms with E-state index < -0.39 is 0 Å². The molecule has 0 saturated heterocycles. The molecule has 0 aromatic heterocycles. The average Bonchev–Trinajstić information content (AvgIpc) is 2.11. The molecule has 0 heterocycles. The molecular weight excluding hydrogens is 178 g/mol. The number of nitriles is 1. The van der Waals surface area contributed by atoms with E-state index in [-0.39, 0.29) is 30.1 Å². The van der Waals surface area contributed by atoms with E-state index in [1.165, 1.54) is 0 Å². The van der Waals surface area contributed by atoms with Gasteiger partial charge in [-0.25, -0.2) is 0 Å². The van der Waals surface area contributed by atoms with Crippen molar-refractivity contribution in [1.29, 1.82) is 5.26 Å². The quantitative estimate of drug-likeness (QED) is 0.739. The van der Waals surface area contributed by atoms with Gasteiger partial charge in [0.15, 0.2) is 0 Å². The fourth-order valence-corrected chi connectivity index (χ4v) is 2.30. The van der Waals surface area contributed by atoms with Crippen molar-refractivity contribution in [2.45, 2.75) is 33.1 Å². The lowest BCUT2D eigenvalue weighted by atomic mass is 9.52. The molecule has 1 fully saturated rings. The fourth-order valence-electron chi connectivity index (χ4n) is 2.30. The number of Topliss-reactive ketones (excluding diaryl/α,β-unsaturated/α-hetero) is 1. The van der Waals surface area contributed by atoms with Gasteiger partial charge in [-0.15, -0.1) is 0 Å². The van der Waals surface area contributed by atoms with Crippen molar-refractivity contribution in [3.05, 3.63) is 0 Å². The Morgan fingerprint density at radius 1 is 1.64 bits per heavy atom. The van der Waals surface area contributed by atoms with Crippen molar-refractivity contribution in [1.82, 2.24) is 0 Å². The second-order valence-electron chi connectivity index (χ2n) is 4.61. The van der Waals surface area contributed by atoms with Crippen LogP contribution in [0.3, 0.4) is 0 Å². The van der Waals surface area contributed by atoms with Crippen LogP contribution in [0.25, 0.3) is 0 Å². The summed E-state index contributed by atoms with van der Waals surface area (Å²) in [7, 11) is 0. The molecule has 3 nitrogen and oxygen atoms in total. The zero-order chi connectivity index (χ0) is 10.8. The number of carbonyl (C=O) groups is 1. The Balaban J connectivity index is 2.54. The maximum atomic E-state index is 11.5. The van der Waals surface area contributed by atoms with E-state index in [1.54, 1.807) is 0 Å². The summed E-state index contributed by atoms with van der Waals surface area (Å²) in [5.41, 5.74) is -0.0536. The lowest BCUT2D eigenvalue weighted by molar-refractivity contribution is -0.138. The highest BCUT2D eigenvalue weighted by Gasteiger charge is 2.50. The zero-order valence-electron chi connectivity index (χ0n) is 8.79. The summed E-state index contributed by atoms with van der Waals surface area (Å²) in [5, 5.41) is 17.3. The fraction of sp³-hybridized carbons (Fsp3) is 0.818. The molecule has 0 unspecified atom stereocenters. The SMILES string of the molecule is CC1(C)[C@@H](CC#N)C[C@H]1C(=O)CCO. The maximum absolute atomic E-state index is 11.5. The molecule has 0 amide bonds. The number of aliphatic hydroxyl groups is 1. The largest absolute Gasteiger partial charge is 0.396 e. The Kier molecular flexibility index (Phi) is 3.28. The third-order valence-electron chi connectivity index (χ3n) is 3.56. The Bertz CT molecular complexity index is 265. The second-order valence-corrected chi connectivity index (χ2v) is 4.61. The first-order chi connectivity index (χ1) is 6.54. The van der Waals surface area contributed by atoms with Crippen molar-refractivity contribution >= 4 is 5.78 Å². The van der Waals surface area contributed by atoms with Crippen LogP contribution in [-0.2, 0) is 4.79 Å². The molecule has 0 bridgehead atoms. The van der Waals surface area contributed by atoms with Gasteiger partial charge in [0.05, 0.1) is 6.07 Å². The van der Waals surface area contributed by atoms with Crippen LogP contribution in [0.5, 0.6) is 0 Å². The number of rotatable bonds is 4. The van der Waals surface area contributed by atoms with E-state index in [0.29, 0.717) is 12.3 Å². The molecule has 3 heteroatoms. The number of nitrogens with zero attached hydrogens (tertiary/aromatic N) is 1. The highest BCUT2D eigenvalue weighted by Crippen LogP contribution is 2.53. The van der Waals surface area contributed by atoms with Gasteiger partial charge >= 0.3 is 0 Å². The van der Waals surface area contributed by atoms with Gasteiger partial charge < -0.3 is 5.11 Å². The first-order valence-electron chi connectivity index (χ1n) is 5.04. The summed E-state index contributed by atoms with van der Waals surface area (Å²) >= 11 is 0. The monoisotopic (exact) mass is 195 g/mol. The number of aliphatic hydroxyl groups excluding tert-OH is 1. The Hall–Kier alpha value is -0.880. The minimum atomic E-state index is -0.0612. The summed E-state index contributed by atoms with van der Waals surface area (Å²) in [6.07, 6.45) is 1.61. The Labute approximate surface area is 84.7 Å². The van der Waals surface area contributed by atoms with Gasteiger partial charge in [-0.1, -0.05) is 13.8 Å². The molecule has 78 valence electrons. The van der Waals surface area contributed by atoms with Gasteiger partial charge in [-0.05, 0) is 17.8 Å². The Morgan fingerprint density at radius 2 is 2.29 bits per heavy atom. The van der Waals surface area contributed by atoms with E-state index >= 15 is 0 Å². The van der Waals surface area contributed by atoms with E-state index in [4.69, 9.17) is 10.4 Å². The van der Waals surface area contributed by atoms with Crippen LogP contribution in [0.2, 0.25) is 0 Å². The predicted molar refractivity (Wildman–Crippen MR) is 52.3 cm³/mol. The number of hydrogen-bond donors (Lipinski definition) is 1. The van der Waals surface area contributed by atoms with E-state index in [0.717, 1.165) is 6.42 Å². The van der Waals surface area contributed by atoms with Crippen LogP contribution in [0.4, 0.5) is 0 Å². The molecule has 1 aliphatic carbocycles. The number of hydrogen-bond acceptors (Lipinski definition) is 3. The number of carbonyl (C=O) groups excluding carboxylic acids is 1. The van der Waals surface area contributed by atoms with Crippen LogP contribution in [-0.4, -0.2) is 17.5 Å². The van der Waals surface area contributed by atoms with E-state index in [2.05, 4.69) is 6.07 Å². The summed E-state index contributed by atoms with van der Waals surface area (Å²) in [6.45, 7) is 4.02. The summed E-state index contributed by atoms with van der Waals surface area (Å²) in [4.78, 5) is 11.5. The number of ketones is 1. The highest BCUT2D eigenvalue weighted by atomic mass is 16.3. The van der Waals surface area contributed by atoms with Crippen LogP contribution in [0.1, 0.15) is 33.1 Å². The first kappa shape index (κ1) is 11.2. The molecule has 1 N–H and O–H groups in total. The first-order valence-corrected chi connectivity index (χ1v) is 5.04. The molecule has 0 spiro atoms. The third-order valence-corrected chi connectivity index (χ3v) is 3.56. The molecule has 0 aliphatic heterocycles. The van der Waals surface area contributed by atoms with Crippen molar-refractivity contribution < 1.29 is 9.90 Å². The molecule has 14 heavy (non-hydrogen) atoms. The predicted octanol–water partition coefficient (Wildman–Crippen LogP) is 1.51. The topological polar surface area (TPSA) is 61.1 Å². The van der Waals surface area contributed by atoms with Crippen molar-refractivity contribution in [3.8, 4) is 6.07 Å². The maximum Gasteiger partial charge on any atom is 0.138 e. The third kappa shape index (κ3) is 1.80. The van der Waals surface area contributed by atoms with E-state index in [9.17, 15) is 4.79 Å². The van der Waals surface area contributed by atoms with Gasteiger partial charge in [-0.3, -0.25) is 4.79 Å². The van der Waals surface area contributed by atoms with Crippen LogP contribution in [0, 0.1) is 28.6 Å². The zero-order valence-corrected chi connectivity index (χ0v) is 8.79. The smallest absolute Gasteiger partial charge is 0.138 e. The highest BCUT2D eigenvalue weighted by molar-refractivity contribution is 5.82. The molecular formula is C11H17NO2. The Morgan fingerprint density at radius 3 is 2.71 bits per heavy atom. The normalized spacial score (nSPS) is 29.0. The molecule has 2 atom stereocenters. The van der Waals surface area contributed by atoms with Crippen LogP contribution in [0.15, 0.2) is 0 Å². The minimum absolute atomic E-state index is 0.0491. The molecule has 1 aliphatic rings. The van der Waals surface area contributed by atoms with Crippen molar-refractivity contribution in [2.75, 3.05) is 6.61 Å². The second kappa shape index (κ2) is 4.10. The van der Waals surface area contributed by atoms with Crippen LogP contribution >= 0.6 is 0 Å². The standard InChI is InChI=1S/C11H17NO2/c1-11(2)8(3-5-12)7-9(11)10(14)4-6-13/h8-9,13H,3-4,6-7H2,1-2H3/t8-,9-/m0/s1. The lowest BCUT2D eigenvalue weighted by Gasteiger charge is -2.50. The molecule has 1 rings (SSSR count). The van der Waals surface area contributed by atoms with Gasteiger partial charge in [0.25, 0.3) is 0 Å². The summed E-state index contributed by atoms with van der Waals surface area (Å²) < 4.78 is 0. The van der Waals surface area contributed by atoms with Crippen molar-refractivity contribution in [2.24, 2.45) is 17.3 Å². The van der Waals surface area contributed by atoms with E-state index in [1.807, 2.05) is 13.8 Å². The van der Waals surface area contributed by atoms with Gasteiger partial charge in [0, 0.05) is 25.4 Å². The molecule has 1 saturated carbocycles. The van der Waals surface area contributed by atoms with Gasteiger partial charge in [0.1, 0.15) is 5.78 Å². The lowest BCUT2D eigenvalue weighted by Crippen LogP contribution is -2.48. The minimum Gasteiger partial charge on any atom is -0.396 e. The average molecular weight is 195 g/mol. The van der Waals surface area contributed by atoms with Gasteiger partial charge in [0.2, 0.25) is 0 Å². The molecule has 0 radical (unpaired) electrons. The van der Waals surface area contributed by atoms with Gasteiger partial charge in [-0.2, -0.15) is 5.26 Å². The van der Waals surface area contributed by atoms with Crippen LogP contribution < -0.4 is 0 Å². The summed E-state index contributed by atoms with van der Waals surface area (Å²) in [6, 6.07) is 2.16. The molecule has 0 aromatic rings.